The van der Waals surface area contributed by atoms with Crippen LogP contribution in [0.15, 0.2) is 0 Å². The van der Waals surface area contributed by atoms with Gasteiger partial charge in [-0.25, -0.2) is 0 Å². The van der Waals surface area contributed by atoms with E-state index in [0.717, 1.165) is 38.9 Å². The average molecular weight is 252 g/mol. The van der Waals surface area contributed by atoms with Crippen molar-refractivity contribution in [2.45, 2.75) is 64.3 Å². The summed E-state index contributed by atoms with van der Waals surface area (Å²) in [6.45, 7) is 5.07. The molecule has 1 saturated carbocycles. The molecule has 2 rings (SSSR count). The first-order valence-electron chi connectivity index (χ1n) is 7.83. The maximum absolute atomic E-state index is 12.6. The van der Waals surface area contributed by atoms with E-state index in [1.807, 2.05) is 0 Å². The number of hydrogen-bond donors (Lipinski definition) is 1. The van der Waals surface area contributed by atoms with Crippen LogP contribution in [0.1, 0.15) is 58.3 Å². The first kappa shape index (κ1) is 13.9. The Balaban J connectivity index is 1.86. The van der Waals surface area contributed by atoms with Gasteiger partial charge in [0.2, 0.25) is 5.91 Å². The molecule has 0 radical (unpaired) electrons. The fourth-order valence-corrected chi connectivity index (χ4v) is 3.42. The second-order valence-electron chi connectivity index (χ2n) is 5.87. The van der Waals surface area contributed by atoms with Gasteiger partial charge in [0, 0.05) is 25.0 Å². The third-order valence-electron chi connectivity index (χ3n) is 4.43. The minimum absolute atomic E-state index is 0.327. The Bertz CT molecular complexity index is 257. The average Bonchev–Trinajstić information content (AvgIpc) is 2.67. The number of carbonyl (C=O) groups is 1. The first-order valence-corrected chi connectivity index (χ1v) is 7.83. The maximum atomic E-state index is 12.6. The summed E-state index contributed by atoms with van der Waals surface area (Å²) < 4.78 is 0. The number of rotatable bonds is 3. The predicted octanol–water partition coefficient (Wildman–Crippen LogP) is 2.56. The van der Waals surface area contributed by atoms with Crippen molar-refractivity contribution in [2.75, 3.05) is 19.6 Å². The molecule has 1 unspecified atom stereocenters. The van der Waals surface area contributed by atoms with Crippen molar-refractivity contribution < 1.29 is 4.79 Å². The van der Waals surface area contributed by atoms with Crippen molar-refractivity contribution >= 4 is 5.91 Å². The van der Waals surface area contributed by atoms with Crippen molar-refractivity contribution in [2.24, 2.45) is 5.92 Å². The van der Waals surface area contributed by atoms with Gasteiger partial charge in [0.25, 0.3) is 0 Å². The highest BCUT2D eigenvalue weighted by Crippen LogP contribution is 2.25. The molecule has 18 heavy (non-hydrogen) atoms. The molecule has 1 atom stereocenters. The number of piperidine rings is 1. The summed E-state index contributed by atoms with van der Waals surface area (Å²) >= 11 is 0. The minimum Gasteiger partial charge on any atom is -0.341 e. The zero-order valence-corrected chi connectivity index (χ0v) is 11.8. The fourth-order valence-electron chi connectivity index (χ4n) is 3.42. The van der Waals surface area contributed by atoms with Crippen molar-refractivity contribution in [1.29, 1.82) is 0 Å². The van der Waals surface area contributed by atoms with E-state index in [1.165, 1.54) is 32.1 Å². The molecule has 1 heterocycles. The molecule has 1 saturated heterocycles. The van der Waals surface area contributed by atoms with E-state index in [2.05, 4.69) is 17.1 Å². The van der Waals surface area contributed by atoms with Crippen LogP contribution in [0.4, 0.5) is 0 Å². The molecule has 2 aliphatic rings. The van der Waals surface area contributed by atoms with E-state index < -0.39 is 0 Å². The second-order valence-corrected chi connectivity index (χ2v) is 5.87. The molecule has 0 aromatic carbocycles. The largest absolute Gasteiger partial charge is 0.341 e. The fraction of sp³-hybridized carbons (Fsp3) is 0.933. The Morgan fingerprint density at radius 3 is 2.50 bits per heavy atom. The van der Waals surface area contributed by atoms with Gasteiger partial charge in [0.15, 0.2) is 0 Å². The maximum Gasteiger partial charge on any atom is 0.225 e. The van der Waals surface area contributed by atoms with Gasteiger partial charge < -0.3 is 10.2 Å². The van der Waals surface area contributed by atoms with E-state index in [4.69, 9.17) is 0 Å². The van der Waals surface area contributed by atoms with Gasteiger partial charge in [-0.1, -0.05) is 32.6 Å². The molecule has 1 aliphatic heterocycles. The monoisotopic (exact) mass is 252 g/mol. The lowest BCUT2D eigenvalue weighted by molar-refractivity contribution is -0.137. The Kier molecular flexibility index (Phi) is 5.48. The molecule has 104 valence electrons. The van der Waals surface area contributed by atoms with Crippen LogP contribution in [0.3, 0.4) is 0 Å². The van der Waals surface area contributed by atoms with Crippen molar-refractivity contribution in [3.63, 3.8) is 0 Å². The van der Waals surface area contributed by atoms with E-state index in [-0.39, 0.29) is 0 Å². The zero-order valence-electron chi connectivity index (χ0n) is 11.8. The van der Waals surface area contributed by atoms with Crippen LogP contribution in [0, 0.1) is 5.92 Å². The van der Waals surface area contributed by atoms with Crippen LogP contribution in [0.25, 0.3) is 0 Å². The van der Waals surface area contributed by atoms with Crippen LogP contribution in [-0.4, -0.2) is 36.5 Å². The van der Waals surface area contributed by atoms with Gasteiger partial charge in [0.1, 0.15) is 0 Å². The molecule has 2 fully saturated rings. The quantitative estimate of drug-likeness (QED) is 0.783. The Hall–Kier alpha value is -0.570. The van der Waals surface area contributed by atoms with Crippen LogP contribution in [0.5, 0.6) is 0 Å². The summed E-state index contributed by atoms with van der Waals surface area (Å²) in [7, 11) is 0. The highest BCUT2D eigenvalue weighted by atomic mass is 16.2. The van der Waals surface area contributed by atoms with E-state index in [0.29, 0.717) is 17.9 Å². The Morgan fingerprint density at radius 1 is 1.11 bits per heavy atom. The van der Waals surface area contributed by atoms with Crippen LogP contribution >= 0.6 is 0 Å². The summed E-state index contributed by atoms with van der Waals surface area (Å²) in [5, 5.41) is 3.49. The molecule has 1 aliphatic carbocycles. The number of nitrogens with zero attached hydrogens (tertiary/aromatic N) is 1. The van der Waals surface area contributed by atoms with Gasteiger partial charge in [-0.2, -0.15) is 0 Å². The number of hydrogen-bond acceptors (Lipinski definition) is 2. The van der Waals surface area contributed by atoms with Crippen LogP contribution < -0.4 is 5.32 Å². The normalized spacial score (nSPS) is 26.9. The molecule has 3 nitrogen and oxygen atoms in total. The number of likely N-dealkylation sites (tertiary alicyclic amines) is 1. The third kappa shape index (κ3) is 3.71. The molecule has 0 bridgehead atoms. The highest BCUT2D eigenvalue weighted by molar-refractivity contribution is 5.79. The van der Waals surface area contributed by atoms with Gasteiger partial charge in [0.05, 0.1) is 0 Å². The summed E-state index contributed by atoms with van der Waals surface area (Å²) in [4.78, 5) is 14.7. The molecule has 0 spiro atoms. The SMILES string of the molecule is CCNC1CCCN(C(=O)C2CCCCCC2)C1. The smallest absolute Gasteiger partial charge is 0.225 e. The van der Waals surface area contributed by atoms with Crippen molar-refractivity contribution in [1.82, 2.24) is 10.2 Å². The lowest BCUT2D eigenvalue weighted by Gasteiger charge is -2.35. The Labute approximate surface area is 111 Å². The van der Waals surface area contributed by atoms with E-state index >= 15 is 0 Å². The molecule has 1 amide bonds. The number of likely N-dealkylation sites (N-methyl/N-ethyl adjacent to an activating group) is 1. The predicted molar refractivity (Wildman–Crippen MR) is 74.5 cm³/mol. The molecule has 0 aromatic heterocycles. The number of carbonyl (C=O) groups excluding carboxylic acids is 1. The van der Waals surface area contributed by atoms with Crippen LogP contribution in [0.2, 0.25) is 0 Å². The number of amides is 1. The summed E-state index contributed by atoms with van der Waals surface area (Å²) in [6, 6.07) is 0.526. The summed E-state index contributed by atoms with van der Waals surface area (Å²) in [5.74, 6) is 0.771. The van der Waals surface area contributed by atoms with Gasteiger partial charge in [-0.05, 0) is 32.2 Å². The summed E-state index contributed by atoms with van der Waals surface area (Å²) in [6.07, 6.45) is 9.79. The highest BCUT2D eigenvalue weighted by Gasteiger charge is 2.28. The van der Waals surface area contributed by atoms with E-state index in [9.17, 15) is 4.79 Å². The molecular formula is C15H28N2O. The second kappa shape index (κ2) is 7.13. The molecule has 1 N–H and O–H groups in total. The van der Waals surface area contributed by atoms with Crippen LogP contribution in [-0.2, 0) is 4.79 Å². The van der Waals surface area contributed by atoms with Crippen molar-refractivity contribution in [3.8, 4) is 0 Å². The standard InChI is InChI=1S/C15H28N2O/c1-2-16-14-10-7-11-17(12-14)15(18)13-8-5-3-4-6-9-13/h13-14,16H,2-12H2,1H3. The van der Waals surface area contributed by atoms with Gasteiger partial charge in [-0.15, -0.1) is 0 Å². The number of nitrogens with one attached hydrogen (secondary N) is 1. The molecule has 3 heteroatoms. The third-order valence-corrected chi connectivity index (χ3v) is 4.43. The Morgan fingerprint density at radius 2 is 1.83 bits per heavy atom. The van der Waals surface area contributed by atoms with Gasteiger partial charge >= 0.3 is 0 Å². The lowest BCUT2D eigenvalue weighted by Crippen LogP contribution is -2.49. The van der Waals surface area contributed by atoms with E-state index in [1.54, 1.807) is 0 Å². The summed E-state index contributed by atoms with van der Waals surface area (Å²) in [5.41, 5.74) is 0. The topological polar surface area (TPSA) is 32.3 Å². The molecular weight excluding hydrogens is 224 g/mol. The zero-order chi connectivity index (χ0) is 12.8. The minimum atomic E-state index is 0.327. The molecule has 0 aromatic rings. The van der Waals surface area contributed by atoms with Crippen molar-refractivity contribution in [3.05, 3.63) is 0 Å². The first-order chi connectivity index (χ1) is 8.81. The van der Waals surface area contributed by atoms with Gasteiger partial charge in [-0.3, -0.25) is 4.79 Å². The lowest BCUT2D eigenvalue weighted by atomic mass is 9.96.